The second-order valence-electron chi connectivity index (χ2n) is 16.9. The number of nitrogens with zero attached hydrogens (tertiary/aromatic N) is 2. The smallest absolute Gasteiger partial charge is 0.326 e. The van der Waals surface area contributed by atoms with Crippen molar-refractivity contribution in [3.05, 3.63) is 0 Å². The summed E-state index contributed by atoms with van der Waals surface area (Å²) in [6.45, 7) is 3.62. The van der Waals surface area contributed by atoms with Crippen molar-refractivity contribution in [2.24, 2.45) is 17.4 Å². The van der Waals surface area contributed by atoms with Crippen LogP contribution in [0.15, 0.2) is 0 Å². The number of β-amino-alcohol motifs (C(OH)–C–C–N with tert-alkyl or cyclic N) is 1. The predicted octanol–water partition coefficient (Wildman–Crippen LogP) is -6.34. The fourth-order valence-corrected chi connectivity index (χ4v) is 7.48. The van der Waals surface area contributed by atoms with Gasteiger partial charge in [0.15, 0.2) is 0 Å². The molecule has 0 saturated carbocycles. The minimum Gasteiger partial charge on any atom is -0.480 e. The highest BCUT2D eigenvalue weighted by atomic mass is 16.4. The molecule has 66 heavy (non-hydrogen) atoms. The van der Waals surface area contributed by atoms with Gasteiger partial charge in [-0.05, 0) is 70.8 Å². The number of amides is 11. The van der Waals surface area contributed by atoms with E-state index >= 15 is 0 Å². The van der Waals surface area contributed by atoms with E-state index < -0.39 is 145 Å². The molecule has 368 valence electrons. The average molecular weight is 937 g/mol. The van der Waals surface area contributed by atoms with Crippen LogP contribution in [0.25, 0.3) is 0 Å². The quantitative estimate of drug-likeness (QED) is 0.0284. The molecule has 3 rings (SSSR count). The largest absolute Gasteiger partial charge is 0.480 e. The summed E-state index contributed by atoms with van der Waals surface area (Å²) in [6.07, 6.45) is 0.193. The number of carboxylic acid groups (broad SMARTS) is 1. The second kappa shape index (κ2) is 26.0. The van der Waals surface area contributed by atoms with Crippen molar-refractivity contribution >= 4 is 70.9 Å². The van der Waals surface area contributed by atoms with E-state index in [1.807, 2.05) is 0 Å². The van der Waals surface area contributed by atoms with Crippen LogP contribution in [-0.2, 0) is 57.5 Å². The zero-order valence-corrected chi connectivity index (χ0v) is 37.4. The summed E-state index contributed by atoms with van der Waals surface area (Å²) in [4.78, 5) is 155. The molecule has 11 amide bonds. The molecule has 0 aromatic heterocycles. The maximum atomic E-state index is 13.4. The number of hydrogen-bond donors (Lipinski definition) is 12. The Morgan fingerprint density at radius 2 is 1.52 bits per heavy atom. The Hall–Kier alpha value is -6.28. The Morgan fingerprint density at radius 1 is 0.818 bits per heavy atom. The first-order valence-electron chi connectivity index (χ1n) is 21.9. The Kier molecular flexibility index (Phi) is 21.3. The summed E-state index contributed by atoms with van der Waals surface area (Å²) in [6, 6.07) is -8.23. The van der Waals surface area contributed by atoms with Crippen LogP contribution in [0.3, 0.4) is 0 Å². The molecule has 3 heterocycles. The highest BCUT2D eigenvalue weighted by molar-refractivity contribution is 6.09. The predicted molar refractivity (Wildman–Crippen MR) is 228 cm³/mol. The van der Waals surface area contributed by atoms with Crippen molar-refractivity contribution in [2.75, 3.05) is 39.3 Å². The third-order valence-electron chi connectivity index (χ3n) is 11.0. The Balaban J connectivity index is 1.53. The van der Waals surface area contributed by atoms with Gasteiger partial charge in [-0.3, -0.25) is 57.6 Å². The lowest BCUT2D eigenvalue weighted by Crippen LogP contribution is -2.56. The van der Waals surface area contributed by atoms with Crippen LogP contribution < -0.4 is 54.0 Å². The molecule has 3 aliphatic rings. The minimum atomic E-state index is -1.47. The van der Waals surface area contributed by atoms with Gasteiger partial charge < -0.3 is 69.1 Å². The van der Waals surface area contributed by atoms with Gasteiger partial charge in [0.05, 0.1) is 31.7 Å². The summed E-state index contributed by atoms with van der Waals surface area (Å²) >= 11 is 0. The van der Waals surface area contributed by atoms with Crippen molar-refractivity contribution in [1.82, 2.24) is 52.3 Å². The molecule has 0 aliphatic carbocycles. The summed E-state index contributed by atoms with van der Waals surface area (Å²) < 4.78 is 0. The summed E-state index contributed by atoms with van der Waals surface area (Å²) in [7, 11) is 0. The molecule has 0 aromatic carbocycles. The molecule has 0 spiro atoms. The first kappa shape index (κ1) is 54.1. The molecule has 26 heteroatoms. The SMILES string of the molecule is CC(C)C[C@H](NC(=O)CN1C(=O)C[C@H](NC(=O)[C@H](CCC(N)=O)NC(=O)CNC(=O)[C@@H]2C[C@@H](O)CN2)C1=O)C(=O)N[C@@H](C)C(=O)NCC(=O)N1CCC[C@H]1C(=O)N[C@@H](CCCCN)C(=O)O. The number of hydrogen-bond acceptors (Lipinski definition) is 15. The number of nitrogens with one attached hydrogen (secondary N) is 8. The Labute approximate surface area is 380 Å². The number of aliphatic hydroxyl groups is 1. The average Bonchev–Trinajstić information content (AvgIpc) is 3.99. The van der Waals surface area contributed by atoms with Crippen molar-refractivity contribution < 1.29 is 67.7 Å². The number of imide groups is 1. The molecule has 3 aliphatic heterocycles. The number of nitrogens with two attached hydrogens (primary N) is 2. The van der Waals surface area contributed by atoms with Gasteiger partial charge in [0, 0.05) is 19.5 Å². The standard InChI is InChI=1S/C40H64N12O14/c1-20(2)13-26(37(62)46-21(3)34(59)45-18-33(58)51-12-6-8-28(51)38(63)49-24(40(65)66)7-4-5-11-41)48-31(56)19-52-32(57)15-27(39(52)64)50-36(61)23(9-10-29(42)54)47-30(55)17-44-35(60)25-14-22(53)16-43-25/h20-28,43,53H,4-19,41H2,1-3H3,(H2,42,54)(H,44,60)(H,45,59)(H,46,62)(H,47,55)(H,48,56)(H,49,63)(H,50,61)(H,65,66)/t21-,22+,23-,24-,25-,26-,27-,28-/m0/s1. The highest BCUT2D eigenvalue weighted by Crippen LogP contribution is 2.19. The lowest BCUT2D eigenvalue weighted by atomic mass is 10.0. The van der Waals surface area contributed by atoms with Crippen molar-refractivity contribution in [3.8, 4) is 0 Å². The fraction of sp³-hybridized carbons (Fsp3) is 0.700. The fourth-order valence-electron chi connectivity index (χ4n) is 7.48. The molecule has 0 aromatic rings. The van der Waals surface area contributed by atoms with Crippen LogP contribution in [0.1, 0.15) is 85.0 Å². The van der Waals surface area contributed by atoms with E-state index in [0.29, 0.717) is 30.7 Å². The van der Waals surface area contributed by atoms with Crippen LogP contribution in [0.4, 0.5) is 0 Å². The number of carboxylic acids is 1. The number of aliphatic carboxylic acids is 1. The van der Waals surface area contributed by atoms with Crippen molar-refractivity contribution in [1.29, 1.82) is 0 Å². The number of likely N-dealkylation sites (tertiary alicyclic amines) is 2. The van der Waals surface area contributed by atoms with E-state index in [1.54, 1.807) is 13.8 Å². The molecule has 3 saturated heterocycles. The van der Waals surface area contributed by atoms with Gasteiger partial charge in [0.1, 0.15) is 42.8 Å². The molecule has 26 nitrogen and oxygen atoms in total. The normalized spacial score (nSPS) is 21.0. The monoisotopic (exact) mass is 936 g/mol. The summed E-state index contributed by atoms with van der Waals surface area (Å²) in [5.41, 5.74) is 10.7. The third-order valence-corrected chi connectivity index (χ3v) is 11.0. The highest BCUT2D eigenvalue weighted by Gasteiger charge is 2.42. The molecule has 0 radical (unpaired) electrons. The van der Waals surface area contributed by atoms with E-state index in [0.717, 1.165) is 0 Å². The van der Waals surface area contributed by atoms with Crippen LogP contribution in [0.5, 0.6) is 0 Å². The van der Waals surface area contributed by atoms with Gasteiger partial charge >= 0.3 is 5.97 Å². The second-order valence-corrected chi connectivity index (χ2v) is 16.9. The lowest BCUT2D eigenvalue weighted by Gasteiger charge is -2.26. The number of primary amides is 1. The third kappa shape index (κ3) is 16.9. The van der Waals surface area contributed by atoms with Gasteiger partial charge in [-0.1, -0.05) is 13.8 Å². The molecular formula is C40H64N12O14. The topological polar surface area (TPSA) is 400 Å². The van der Waals surface area contributed by atoms with E-state index in [-0.39, 0.29) is 57.5 Å². The lowest BCUT2D eigenvalue weighted by molar-refractivity contribution is -0.144. The van der Waals surface area contributed by atoms with Gasteiger partial charge in [-0.25, -0.2) is 4.79 Å². The number of aliphatic hydroxyl groups excluding tert-OH is 1. The van der Waals surface area contributed by atoms with Gasteiger partial charge in [0.25, 0.3) is 5.91 Å². The number of carbonyl (C=O) groups is 12. The molecule has 8 atom stereocenters. The van der Waals surface area contributed by atoms with E-state index in [9.17, 15) is 67.7 Å². The van der Waals surface area contributed by atoms with Gasteiger partial charge in [0.2, 0.25) is 59.1 Å². The molecular weight excluding hydrogens is 873 g/mol. The number of rotatable bonds is 26. The first-order chi connectivity index (χ1) is 31.1. The first-order valence-corrected chi connectivity index (χ1v) is 21.9. The van der Waals surface area contributed by atoms with Gasteiger partial charge in [-0.2, -0.15) is 0 Å². The molecule has 0 unspecified atom stereocenters. The zero-order chi connectivity index (χ0) is 49.2. The summed E-state index contributed by atoms with van der Waals surface area (Å²) in [5.74, 6) is -10.2. The Morgan fingerprint density at radius 3 is 2.14 bits per heavy atom. The van der Waals surface area contributed by atoms with Crippen molar-refractivity contribution in [3.63, 3.8) is 0 Å². The molecule has 14 N–H and O–H groups in total. The molecule has 0 bridgehead atoms. The van der Waals surface area contributed by atoms with E-state index in [2.05, 4.69) is 42.5 Å². The van der Waals surface area contributed by atoms with Crippen LogP contribution in [0.2, 0.25) is 0 Å². The zero-order valence-electron chi connectivity index (χ0n) is 37.4. The van der Waals surface area contributed by atoms with Crippen LogP contribution >= 0.6 is 0 Å². The van der Waals surface area contributed by atoms with E-state index in [4.69, 9.17) is 11.5 Å². The molecule has 3 fully saturated rings. The Bertz CT molecular complexity index is 1850. The van der Waals surface area contributed by atoms with Crippen molar-refractivity contribution in [2.45, 2.75) is 133 Å². The maximum absolute atomic E-state index is 13.4. The van der Waals surface area contributed by atoms with E-state index in [1.165, 1.54) is 11.8 Å². The maximum Gasteiger partial charge on any atom is 0.326 e. The van der Waals surface area contributed by atoms with Crippen LogP contribution in [0, 0.1) is 5.92 Å². The van der Waals surface area contributed by atoms with Gasteiger partial charge in [-0.15, -0.1) is 0 Å². The van der Waals surface area contributed by atoms with Crippen LogP contribution in [-0.4, -0.2) is 179 Å². The minimum absolute atomic E-state index is 0.0574. The number of carbonyl (C=O) groups excluding carboxylic acids is 11. The summed E-state index contributed by atoms with van der Waals surface area (Å²) in [5, 5.41) is 38.8. The number of unbranched alkanes of at least 4 members (excludes halogenated alkanes) is 1.